The van der Waals surface area contributed by atoms with Gasteiger partial charge in [-0.05, 0) is 56.8 Å². The van der Waals surface area contributed by atoms with Crippen molar-refractivity contribution in [3.63, 3.8) is 0 Å². The minimum absolute atomic E-state index is 0.209. The molecule has 1 saturated heterocycles. The Morgan fingerprint density at radius 3 is 2.52 bits per heavy atom. The lowest BCUT2D eigenvalue weighted by molar-refractivity contribution is -0.150. The third-order valence-electron chi connectivity index (χ3n) is 4.23. The number of piperidine rings is 1. The predicted molar refractivity (Wildman–Crippen MR) is 80.1 cm³/mol. The van der Waals surface area contributed by atoms with E-state index in [1.807, 2.05) is 12.1 Å². The highest BCUT2D eigenvalue weighted by Gasteiger charge is 2.44. The van der Waals surface area contributed by atoms with Crippen molar-refractivity contribution < 1.29 is 14.7 Å². The maximum atomic E-state index is 12.6. The van der Waals surface area contributed by atoms with Gasteiger partial charge in [-0.2, -0.15) is 0 Å². The van der Waals surface area contributed by atoms with E-state index in [2.05, 4.69) is 0 Å². The first-order valence-electron chi connectivity index (χ1n) is 7.33. The number of benzene rings is 1. The zero-order valence-corrected chi connectivity index (χ0v) is 12.3. The number of hydrogen-bond donors (Lipinski definition) is 2. The first kappa shape index (κ1) is 15.5. The standard InChI is InChI=1S/C16H22N2O3/c1-16(15(20)21)9-2-3-11-18(16)14(19)13-6-4-12(5-7-13)8-10-17/h4-7H,2-3,8-11,17H2,1H3,(H,20,21). The molecule has 5 nitrogen and oxygen atoms in total. The summed E-state index contributed by atoms with van der Waals surface area (Å²) < 4.78 is 0. The number of carbonyl (C=O) groups excluding carboxylic acids is 1. The zero-order valence-electron chi connectivity index (χ0n) is 12.3. The first-order chi connectivity index (χ1) is 9.99. The van der Waals surface area contributed by atoms with Crippen molar-refractivity contribution in [2.75, 3.05) is 13.1 Å². The van der Waals surface area contributed by atoms with Gasteiger partial charge in [-0.1, -0.05) is 12.1 Å². The van der Waals surface area contributed by atoms with Crippen LogP contribution in [0.4, 0.5) is 0 Å². The van der Waals surface area contributed by atoms with E-state index in [0.29, 0.717) is 25.1 Å². The van der Waals surface area contributed by atoms with Gasteiger partial charge in [0.2, 0.25) is 0 Å². The minimum Gasteiger partial charge on any atom is -0.480 e. The Morgan fingerprint density at radius 1 is 1.29 bits per heavy atom. The number of carboxylic acids is 1. The van der Waals surface area contributed by atoms with E-state index < -0.39 is 11.5 Å². The van der Waals surface area contributed by atoms with E-state index in [4.69, 9.17) is 5.73 Å². The van der Waals surface area contributed by atoms with Gasteiger partial charge in [0.05, 0.1) is 0 Å². The van der Waals surface area contributed by atoms with Crippen LogP contribution in [0, 0.1) is 0 Å². The molecule has 1 aromatic carbocycles. The molecule has 1 heterocycles. The molecule has 1 amide bonds. The topological polar surface area (TPSA) is 83.6 Å². The van der Waals surface area contributed by atoms with Crippen molar-refractivity contribution in [3.8, 4) is 0 Å². The molecular weight excluding hydrogens is 268 g/mol. The second-order valence-electron chi connectivity index (χ2n) is 5.73. The number of aliphatic carboxylic acids is 1. The summed E-state index contributed by atoms with van der Waals surface area (Å²) in [6.45, 7) is 2.69. The molecule has 0 aliphatic carbocycles. The molecule has 0 radical (unpaired) electrons. The van der Waals surface area contributed by atoms with Gasteiger partial charge in [0, 0.05) is 12.1 Å². The van der Waals surface area contributed by atoms with Crippen molar-refractivity contribution in [2.24, 2.45) is 5.73 Å². The van der Waals surface area contributed by atoms with Crippen LogP contribution in [0.25, 0.3) is 0 Å². The Morgan fingerprint density at radius 2 is 1.95 bits per heavy atom. The third-order valence-corrected chi connectivity index (χ3v) is 4.23. The summed E-state index contributed by atoms with van der Waals surface area (Å²) >= 11 is 0. The van der Waals surface area contributed by atoms with E-state index in [1.54, 1.807) is 19.1 Å². The van der Waals surface area contributed by atoms with Crippen LogP contribution in [0.15, 0.2) is 24.3 Å². The van der Waals surface area contributed by atoms with E-state index >= 15 is 0 Å². The second-order valence-corrected chi connectivity index (χ2v) is 5.73. The molecule has 1 fully saturated rings. The van der Waals surface area contributed by atoms with Crippen LogP contribution < -0.4 is 5.73 Å². The molecule has 0 spiro atoms. The van der Waals surface area contributed by atoms with Crippen molar-refractivity contribution >= 4 is 11.9 Å². The van der Waals surface area contributed by atoms with Crippen molar-refractivity contribution in [2.45, 2.75) is 38.1 Å². The SMILES string of the molecule is CC1(C(=O)O)CCCCN1C(=O)c1ccc(CCN)cc1. The van der Waals surface area contributed by atoms with Gasteiger partial charge in [0.25, 0.3) is 5.91 Å². The summed E-state index contributed by atoms with van der Waals surface area (Å²) in [7, 11) is 0. The Balaban J connectivity index is 2.22. The van der Waals surface area contributed by atoms with Gasteiger partial charge >= 0.3 is 5.97 Å². The monoisotopic (exact) mass is 290 g/mol. The van der Waals surface area contributed by atoms with Crippen LogP contribution in [-0.4, -0.2) is 40.5 Å². The summed E-state index contributed by atoms with van der Waals surface area (Å²) in [5, 5.41) is 9.47. The molecule has 2 rings (SSSR count). The van der Waals surface area contributed by atoms with Gasteiger partial charge in [0.15, 0.2) is 0 Å². The lowest BCUT2D eigenvalue weighted by atomic mass is 9.87. The third kappa shape index (κ3) is 3.08. The number of nitrogens with two attached hydrogens (primary N) is 1. The number of amides is 1. The van der Waals surface area contributed by atoms with Crippen LogP contribution in [0.5, 0.6) is 0 Å². The fourth-order valence-corrected chi connectivity index (χ4v) is 2.81. The Bertz CT molecular complexity index is 527. The lowest BCUT2D eigenvalue weighted by Crippen LogP contribution is -2.57. The van der Waals surface area contributed by atoms with Gasteiger partial charge in [-0.15, -0.1) is 0 Å². The van der Waals surface area contributed by atoms with E-state index in [9.17, 15) is 14.7 Å². The summed E-state index contributed by atoms with van der Waals surface area (Å²) in [6.07, 6.45) is 2.95. The van der Waals surface area contributed by atoms with Crippen LogP contribution in [0.1, 0.15) is 42.1 Å². The second kappa shape index (κ2) is 6.26. The molecule has 1 aliphatic rings. The van der Waals surface area contributed by atoms with Gasteiger partial charge in [-0.3, -0.25) is 4.79 Å². The molecule has 114 valence electrons. The largest absolute Gasteiger partial charge is 0.480 e. The normalized spacial score (nSPS) is 22.1. The number of likely N-dealkylation sites (tertiary alicyclic amines) is 1. The fourth-order valence-electron chi connectivity index (χ4n) is 2.81. The van der Waals surface area contributed by atoms with Crippen LogP contribution in [-0.2, 0) is 11.2 Å². The number of rotatable bonds is 4. The molecule has 0 saturated carbocycles. The van der Waals surface area contributed by atoms with Gasteiger partial charge < -0.3 is 15.7 Å². The van der Waals surface area contributed by atoms with Crippen molar-refractivity contribution in [1.29, 1.82) is 0 Å². The fraction of sp³-hybridized carbons (Fsp3) is 0.500. The number of carbonyl (C=O) groups is 2. The van der Waals surface area contributed by atoms with Gasteiger partial charge in [-0.25, -0.2) is 4.79 Å². The van der Waals surface area contributed by atoms with Gasteiger partial charge in [0.1, 0.15) is 5.54 Å². The molecule has 1 aliphatic heterocycles. The average Bonchev–Trinajstić information content (AvgIpc) is 2.48. The summed E-state index contributed by atoms with van der Waals surface area (Å²) in [5.74, 6) is -1.14. The van der Waals surface area contributed by atoms with E-state index in [-0.39, 0.29) is 5.91 Å². The van der Waals surface area contributed by atoms with E-state index in [1.165, 1.54) is 4.90 Å². The quantitative estimate of drug-likeness (QED) is 0.883. The molecule has 5 heteroatoms. The van der Waals surface area contributed by atoms with E-state index in [0.717, 1.165) is 24.8 Å². The molecule has 0 aromatic heterocycles. The smallest absolute Gasteiger partial charge is 0.329 e. The molecule has 21 heavy (non-hydrogen) atoms. The van der Waals surface area contributed by atoms with Crippen LogP contribution in [0.2, 0.25) is 0 Å². The summed E-state index contributed by atoms with van der Waals surface area (Å²) in [5.41, 5.74) is 6.01. The Hall–Kier alpha value is -1.88. The number of carboxylic acid groups (broad SMARTS) is 1. The molecule has 1 unspecified atom stereocenters. The molecule has 0 bridgehead atoms. The first-order valence-corrected chi connectivity index (χ1v) is 7.33. The Labute approximate surface area is 124 Å². The van der Waals surface area contributed by atoms with Crippen LogP contribution >= 0.6 is 0 Å². The summed E-state index contributed by atoms with van der Waals surface area (Å²) in [4.78, 5) is 25.7. The zero-order chi connectivity index (χ0) is 15.5. The van der Waals surface area contributed by atoms with Crippen molar-refractivity contribution in [3.05, 3.63) is 35.4 Å². The highest BCUT2D eigenvalue weighted by atomic mass is 16.4. The summed E-state index contributed by atoms with van der Waals surface area (Å²) in [6, 6.07) is 7.26. The predicted octanol–water partition coefficient (Wildman–Crippen LogP) is 1.66. The number of nitrogens with zero attached hydrogens (tertiary/aromatic N) is 1. The molecule has 3 N–H and O–H groups in total. The molecular formula is C16H22N2O3. The van der Waals surface area contributed by atoms with Crippen LogP contribution in [0.3, 0.4) is 0 Å². The van der Waals surface area contributed by atoms with Crippen molar-refractivity contribution in [1.82, 2.24) is 4.90 Å². The maximum Gasteiger partial charge on any atom is 0.329 e. The molecule has 1 atom stereocenters. The maximum absolute atomic E-state index is 12.6. The minimum atomic E-state index is -1.11. The lowest BCUT2D eigenvalue weighted by Gasteiger charge is -2.41. The Kier molecular flexibility index (Phi) is 4.63. The highest BCUT2D eigenvalue weighted by Crippen LogP contribution is 2.29. The molecule has 1 aromatic rings. The average molecular weight is 290 g/mol. The number of hydrogen-bond acceptors (Lipinski definition) is 3. The highest BCUT2D eigenvalue weighted by molar-refractivity contribution is 5.98.